The maximum Gasteiger partial charge on any atom is 0.343 e. The second-order valence-electron chi connectivity index (χ2n) is 7.32. The molecule has 5 nitrogen and oxygen atoms in total. The van der Waals surface area contributed by atoms with E-state index in [9.17, 15) is 14.7 Å². The van der Waals surface area contributed by atoms with Gasteiger partial charge in [-0.15, -0.1) is 0 Å². The number of ether oxygens (including phenoxy) is 2. The lowest BCUT2D eigenvalue weighted by molar-refractivity contribution is -0.152. The number of carbonyl (C=O) groups is 2. The highest BCUT2D eigenvalue weighted by atomic mass is 16.6. The van der Waals surface area contributed by atoms with E-state index >= 15 is 0 Å². The summed E-state index contributed by atoms with van der Waals surface area (Å²) in [5, 5.41) is 10.8. The molecule has 0 amide bonds. The first-order valence-electron chi connectivity index (χ1n) is 9.35. The van der Waals surface area contributed by atoms with Crippen molar-refractivity contribution < 1.29 is 24.2 Å². The van der Waals surface area contributed by atoms with E-state index in [0.717, 1.165) is 37.7 Å². The minimum absolute atomic E-state index is 0.0890. The van der Waals surface area contributed by atoms with Gasteiger partial charge in [0.25, 0.3) is 0 Å². The van der Waals surface area contributed by atoms with Crippen LogP contribution in [0.15, 0.2) is 46.5 Å². The van der Waals surface area contributed by atoms with E-state index in [4.69, 9.17) is 9.47 Å². The Balaban J connectivity index is 1.89. The van der Waals surface area contributed by atoms with Gasteiger partial charge in [0, 0.05) is 17.6 Å². The number of ketones is 1. The standard InChI is InChI=1S/C21H26O5/c1-4-5-6-7-8-9-17(22)18-16-11-14-10-13(2)25-12-15(14)19(23)21(16,3)26-20(18)24/h10-12,19,23H,4-9H2,1-3H3/t19-,21+/m1/s1. The number of Topliss-reactive ketones (excluding diaryl/α,β-unsaturated/α-hetero) is 1. The Labute approximate surface area is 154 Å². The number of carbonyl (C=O) groups excluding carboxylic acids is 2. The van der Waals surface area contributed by atoms with Crippen molar-refractivity contribution in [2.75, 3.05) is 0 Å². The molecule has 0 spiro atoms. The Morgan fingerprint density at radius 3 is 2.69 bits per heavy atom. The minimum atomic E-state index is -1.25. The highest BCUT2D eigenvalue weighted by molar-refractivity contribution is 6.20. The summed E-state index contributed by atoms with van der Waals surface area (Å²) in [6.45, 7) is 5.59. The first-order chi connectivity index (χ1) is 12.4. The molecule has 0 radical (unpaired) electrons. The van der Waals surface area contributed by atoms with Crippen LogP contribution in [0.2, 0.25) is 0 Å². The molecule has 0 aromatic carbocycles. The highest BCUT2D eigenvalue weighted by Gasteiger charge is 2.53. The van der Waals surface area contributed by atoms with Gasteiger partial charge in [0.2, 0.25) is 0 Å². The lowest BCUT2D eigenvalue weighted by Gasteiger charge is -2.37. The fraction of sp³-hybridized carbons (Fsp3) is 0.524. The molecular weight excluding hydrogens is 332 g/mol. The molecule has 2 atom stereocenters. The predicted octanol–water partition coefficient (Wildman–Crippen LogP) is 3.65. The molecule has 0 saturated carbocycles. The van der Waals surface area contributed by atoms with Crippen LogP contribution in [0.3, 0.4) is 0 Å². The summed E-state index contributed by atoms with van der Waals surface area (Å²) in [4.78, 5) is 25.1. The van der Waals surface area contributed by atoms with Crippen LogP contribution < -0.4 is 0 Å². The molecule has 140 valence electrons. The summed E-state index contributed by atoms with van der Waals surface area (Å²) < 4.78 is 10.8. The number of fused-ring (bicyclic) bond motifs is 2. The van der Waals surface area contributed by atoms with Crippen molar-refractivity contribution in [2.24, 2.45) is 0 Å². The average molecular weight is 358 g/mol. The molecule has 2 aliphatic heterocycles. The molecule has 5 heteroatoms. The summed E-state index contributed by atoms with van der Waals surface area (Å²) >= 11 is 0. The number of hydrogen-bond acceptors (Lipinski definition) is 5. The molecule has 0 fully saturated rings. The lowest BCUT2D eigenvalue weighted by atomic mass is 9.75. The Hall–Kier alpha value is -2.14. The van der Waals surface area contributed by atoms with Gasteiger partial charge in [0.05, 0.1) is 6.26 Å². The molecule has 0 saturated heterocycles. The van der Waals surface area contributed by atoms with Gasteiger partial charge in [-0.25, -0.2) is 4.79 Å². The van der Waals surface area contributed by atoms with E-state index in [-0.39, 0.29) is 11.4 Å². The van der Waals surface area contributed by atoms with Crippen LogP contribution in [0.25, 0.3) is 0 Å². The maximum atomic E-state index is 12.7. The van der Waals surface area contributed by atoms with Crippen molar-refractivity contribution in [1.82, 2.24) is 0 Å². The molecule has 0 bridgehead atoms. The third kappa shape index (κ3) is 3.16. The van der Waals surface area contributed by atoms with Crippen LogP contribution in [0, 0.1) is 0 Å². The Kier molecular flexibility index (Phi) is 5.19. The van der Waals surface area contributed by atoms with E-state index in [1.165, 1.54) is 6.26 Å². The van der Waals surface area contributed by atoms with E-state index in [0.29, 0.717) is 23.3 Å². The van der Waals surface area contributed by atoms with E-state index in [2.05, 4.69) is 6.92 Å². The van der Waals surface area contributed by atoms with E-state index < -0.39 is 17.7 Å². The van der Waals surface area contributed by atoms with Crippen molar-refractivity contribution in [3.8, 4) is 0 Å². The summed E-state index contributed by atoms with van der Waals surface area (Å²) in [6.07, 6.45) is 9.44. The third-order valence-electron chi connectivity index (χ3n) is 5.28. The van der Waals surface area contributed by atoms with Crippen molar-refractivity contribution >= 4 is 11.8 Å². The monoisotopic (exact) mass is 358 g/mol. The Bertz CT molecular complexity index is 752. The molecule has 0 aromatic heterocycles. The van der Waals surface area contributed by atoms with Crippen molar-refractivity contribution in [2.45, 2.75) is 71.0 Å². The van der Waals surface area contributed by atoms with Gasteiger partial charge in [-0.2, -0.15) is 0 Å². The van der Waals surface area contributed by atoms with Crippen LogP contribution in [-0.4, -0.2) is 28.6 Å². The third-order valence-corrected chi connectivity index (χ3v) is 5.28. The normalized spacial score (nSPS) is 27.0. The second-order valence-corrected chi connectivity index (χ2v) is 7.32. The Morgan fingerprint density at radius 1 is 1.23 bits per heavy atom. The maximum absolute atomic E-state index is 12.7. The summed E-state index contributed by atoms with van der Waals surface area (Å²) in [5.74, 6) is -0.155. The van der Waals surface area contributed by atoms with Gasteiger partial charge in [-0.3, -0.25) is 4.79 Å². The van der Waals surface area contributed by atoms with Gasteiger partial charge >= 0.3 is 5.97 Å². The summed E-state index contributed by atoms with van der Waals surface area (Å²) in [5.41, 5.74) is 0.628. The molecule has 1 aliphatic carbocycles. The zero-order valence-electron chi connectivity index (χ0n) is 15.6. The van der Waals surface area contributed by atoms with E-state index in [1.54, 1.807) is 26.0 Å². The van der Waals surface area contributed by atoms with Crippen molar-refractivity contribution in [3.05, 3.63) is 46.5 Å². The second kappa shape index (κ2) is 7.23. The molecule has 1 N–H and O–H groups in total. The number of esters is 1. The first kappa shape index (κ1) is 18.6. The van der Waals surface area contributed by atoms with Gasteiger partial charge in [-0.05, 0) is 38.0 Å². The highest BCUT2D eigenvalue weighted by Crippen LogP contribution is 2.46. The van der Waals surface area contributed by atoms with Gasteiger partial charge in [-0.1, -0.05) is 32.6 Å². The summed E-state index contributed by atoms with van der Waals surface area (Å²) in [7, 11) is 0. The molecular formula is C21H26O5. The zero-order chi connectivity index (χ0) is 18.9. The van der Waals surface area contributed by atoms with Crippen LogP contribution in [0.4, 0.5) is 0 Å². The molecule has 26 heavy (non-hydrogen) atoms. The molecule has 0 aromatic rings. The SMILES string of the molecule is CCCCCCCC(=O)C1=C2C=C3C=C(C)OC=C3[C@@H](O)[C@@]2(C)OC1=O. The largest absolute Gasteiger partial charge is 0.469 e. The minimum Gasteiger partial charge on any atom is -0.469 e. The van der Waals surface area contributed by atoms with Crippen LogP contribution in [0.1, 0.15) is 59.3 Å². The quantitative estimate of drug-likeness (QED) is 0.427. The predicted molar refractivity (Wildman–Crippen MR) is 96.9 cm³/mol. The van der Waals surface area contributed by atoms with Gasteiger partial charge in [0.1, 0.15) is 17.4 Å². The average Bonchev–Trinajstić information content (AvgIpc) is 2.85. The molecule has 3 aliphatic rings. The van der Waals surface area contributed by atoms with Gasteiger partial charge in [0.15, 0.2) is 11.4 Å². The molecule has 0 unspecified atom stereocenters. The van der Waals surface area contributed by atoms with Crippen molar-refractivity contribution in [3.63, 3.8) is 0 Å². The number of hydrogen-bond donors (Lipinski definition) is 1. The Morgan fingerprint density at radius 2 is 1.96 bits per heavy atom. The smallest absolute Gasteiger partial charge is 0.343 e. The van der Waals surface area contributed by atoms with Crippen LogP contribution in [0.5, 0.6) is 0 Å². The number of aliphatic hydroxyl groups excluding tert-OH is 1. The lowest BCUT2D eigenvalue weighted by Crippen LogP contribution is -2.45. The van der Waals surface area contributed by atoms with Crippen molar-refractivity contribution in [1.29, 1.82) is 0 Å². The zero-order valence-corrected chi connectivity index (χ0v) is 15.6. The number of unbranched alkanes of at least 4 members (excludes halogenated alkanes) is 4. The first-order valence-corrected chi connectivity index (χ1v) is 9.35. The number of aliphatic hydroxyl groups is 1. The number of rotatable bonds is 7. The fourth-order valence-corrected chi connectivity index (χ4v) is 3.71. The van der Waals surface area contributed by atoms with Gasteiger partial charge < -0.3 is 14.6 Å². The molecule has 2 heterocycles. The summed E-state index contributed by atoms with van der Waals surface area (Å²) in [6, 6.07) is 0. The van der Waals surface area contributed by atoms with Crippen LogP contribution in [-0.2, 0) is 19.1 Å². The molecule has 3 rings (SSSR count). The number of allylic oxidation sites excluding steroid dienone is 2. The fourth-order valence-electron chi connectivity index (χ4n) is 3.71. The van der Waals surface area contributed by atoms with E-state index in [1.807, 2.05) is 0 Å². The van der Waals surface area contributed by atoms with Crippen LogP contribution >= 0.6 is 0 Å². The topological polar surface area (TPSA) is 72.8 Å².